The minimum Gasteiger partial charge on any atom is -0.490 e. The van der Waals surface area contributed by atoms with E-state index in [2.05, 4.69) is 4.72 Å². The molecule has 0 amide bonds. The van der Waals surface area contributed by atoms with E-state index in [1.54, 1.807) is 38.1 Å². The highest BCUT2D eigenvalue weighted by atomic mass is 32.2. The zero-order chi connectivity index (χ0) is 19.9. The van der Waals surface area contributed by atoms with Crippen LogP contribution < -0.4 is 9.46 Å². The minimum absolute atomic E-state index is 0.0355. The van der Waals surface area contributed by atoms with Crippen LogP contribution in [0.5, 0.6) is 5.75 Å². The van der Waals surface area contributed by atoms with E-state index in [1.165, 1.54) is 24.3 Å². The van der Waals surface area contributed by atoms with Gasteiger partial charge in [0.05, 0.1) is 22.1 Å². The second-order valence-electron chi connectivity index (χ2n) is 5.92. The Bertz CT molecular complexity index is 914. The molecular formula is C19H20N2O5S. The van der Waals surface area contributed by atoms with Gasteiger partial charge >= 0.3 is 5.97 Å². The molecule has 0 unspecified atom stereocenters. The van der Waals surface area contributed by atoms with Crippen molar-refractivity contribution >= 4 is 16.0 Å². The number of nitrogens with one attached hydrogen (secondary N) is 1. The van der Waals surface area contributed by atoms with Crippen molar-refractivity contribution in [2.75, 3.05) is 13.2 Å². The van der Waals surface area contributed by atoms with Gasteiger partial charge in [-0.25, -0.2) is 17.9 Å². The fourth-order valence-corrected chi connectivity index (χ4v) is 3.40. The molecule has 0 aliphatic carbocycles. The van der Waals surface area contributed by atoms with Crippen LogP contribution in [0.1, 0.15) is 29.8 Å². The Morgan fingerprint density at radius 2 is 1.70 bits per heavy atom. The third-order valence-electron chi connectivity index (χ3n) is 3.36. The molecule has 142 valence electrons. The Morgan fingerprint density at radius 1 is 1.07 bits per heavy atom. The molecule has 2 aromatic carbocycles. The Morgan fingerprint density at radius 3 is 2.26 bits per heavy atom. The van der Waals surface area contributed by atoms with Crippen LogP contribution in [0.2, 0.25) is 0 Å². The standard InChI is InChI=1S/C19H20N2O5S/c1-14(2)21-27(23,24)18-9-5-16(6-10-18)19(22)26-12-11-25-17-7-3-15(13-20)4-8-17/h3-10,14,21H,11-12H2,1-2H3. The largest absolute Gasteiger partial charge is 0.490 e. The number of hydrogen-bond donors (Lipinski definition) is 1. The lowest BCUT2D eigenvalue weighted by Crippen LogP contribution is -2.30. The van der Waals surface area contributed by atoms with Crippen LogP contribution in [0.3, 0.4) is 0 Å². The first-order valence-electron chi connectivity index (χ1n) is 8.24. The van der Waals surface area contributed by atoms with Crippen LogP contribution >= 0.6 is 0 Å². The zero-order valence-corrected chi connectivity index (χ0v) is 15.8. The number of rotatable bonds is 8. The van der Waals surface area contributed by atoms with Crippen molar-refractivity contribution < 1.29 is 22.7 Å². The summed E-state index contributed by atoms with van der Waals surface area (Å²) in [6.07, 6.45) is 0. The number of hydrogen-bond acceptors (Lipinski definition) is 6. The molecule has 0 atom stereocenters. The monoisotopic (exact) mass is 388 g/mol. The van der Waals surface area contributed by atoms with Gasteiger partial charge in [0, 0.05) is 6.04 Å². The maximum Gasteiger partial charge on any atom is 0.338 e. The van der Waals surface area contributed by atoms with Gasteiger partial charge in [-0.3, -0.25) is 0 Å². The second-order valence-corrected chi connectivity index (χ2v) is 7.63. The van der Waals surface area contributed by atoms with Gasteiger partial charge in [0.25, 0.3) is 0 Å². The molecule has 0 heterocycles. The molecule has 2 aromatic rings. The van der Waals surface area contributed by atoms with Crippen molar-refractivity contribution in [2.45, 2.75) is 24.8 Å². The summed E-state index contributed by atoms with van der Waals surface area (Å²) in [6, 6.07) is 13.9. The van der Waals surface area contributed by atoms with E-state index >= 15 is 0 Å². The fourth-order valence-electron chi connectivity index (χ4n) is 2.15. The van der Waals surface area contributed by atoms with Crippen LogP contribution in [-0.4, -0.2) is 33.6 Å². The van der Waals surface area contributed by atoms with Crippen LogP contribution in [0.15, 0.2) is 53.4 Å². The van der Waals surface area contributed by atoms with Crippen molar-refractivity contribution in [3.8, 4) is 11.8 Å². The van der Waals surface area contributed by atoms with Crippen LogP contribution in [-0.2, 0) is 14.8 Å². The molecule has 0 aromatic heterocycles. The summed E-state index contributed by atoms with van der Waals surface area (Å²) in [7, 11) is -3.60. The molecule has 2 rings (SSSR count). The first kappa shape index (κ1) is 20.4. The van der Waals surface area contributed by atoms with Crippen molar-refractivity contribution in [1.29, 1.82) is 5.26 Å². The summed E-state index contributed by atoms with van der Waals surface area (Å²) in [5, 5.41) is 8.73. The van der Waals surface area contributed by atoms with E-state index in [0.717, 1.165) is 0 Å². The average Bonchev–Trinajstić information content (AvgIpc) is 2.64. The maximum absolute atomic E-state index is 12.0. The molecule has 8 heteroatoms. The minimum atomic E-state index is -3.60. The second kappa shape index (κ2) is 9.16. The van der Waals surface area contributed by atoms with Gasteiger partial charge in [-0.1, -0.05) is 0 Å². The lowest BCUT2D eigenvalue weighted by Gasteiger charge is -2.10. The third kappa shape index (κ3) is 6.09. The molecule has 0 saturated heterocycles. The van der Waals surface area contributed by atoms with Crippen LogP contribution in [0.4, 0.5) is 0 Å². The average molecular weight is 388 g/mol. The van der Waals surface area contributed by atoms with E-state index < -0.39 is 16.0 Å². The topological polar surface area (TPSA) is 105 Å². The number of benzene rings is 2. The van der Waals surface area contributed by atoms with Gasteiger partial charge < -0.3 is 9.47 Å². The number of carbonyl (C=O) groups excluding carboxylic acids is 1. The molecule has 0 fully saturated rings. The van der Waals surface area contributed by atoms with Crippen molar-refractivity contribution in [1.82, 2.24) is 4.72 Å². The predicted octanol–water partition coefficient (Wildman–Crippen LogP) is 2.48. The van der Waals surface area contributed by atoms with Gasteiger partial charge in [0.1, 0.15) is 19.0 Å². The highest BCUT2D eigenvalue weighted by Gasteiger charge is 2.16. The summed E-state index contributed by atoms with van der Waals surface area (Å²) in [4.78, 5) is 12.1. The van der Waals surface area contributed by atoms with E-state index in [1.807, 2.05) is 6.07 Å². The first-order chi connectivity index (χ1) is 12.8. The van der Waals surface area contributed by atoms with Crippen LogP contribution in [0, 0.1) is 11.3 Å². The highest BCUT2D eigenvalue weighted by Crippen LogP contribution is 2.13. The number of nitrogens with zero attached hydrogens (tertiary/aromatic N) is 1. The van der Waals surface area contributed by atoms with Crippen molar-refractivity contribution in [3.63, 3.8) is 0 Å². The molecule has 0 saturated carbocycles. The molecule has 0 spiro atoms. The van der Waals surface area contributed by atoms with Gasteiger partial charge in [0.2, 0.25) is 10.0 Å². The van der Waals surface area contributed by atoms with E-state index in [0.29, 0.717) is 11.3 Å². The van der Waals surface area contributed by atoms with E-state index in [4.69, 9.17) is 14.7 Å². The van der Waals surface area contributed by atoms with Crippen molar-refractivity contribution in [3.05, 3.63) is 59.7 Å². The number of sulfonamides is 1. The van der Waals surface area contributed by atoms with Crippen LogP contribution in [0.25, 0.3) is 0 Å². The van der Waals surface area contributed by atoms with E-state index in [-0.39, 0.29) is 29.7 Å². The Labute approximate surface area is 158 Å². The summed E-state index contributed by atoms with van der Waals surface area (Å²) < 4.78 is 37.1. The maximum atomic E-state index is 12.0. The fraction of sp³-hybridized carbons (Fsp3) is 0.263. The van der Waals surface area contributed by atoms with Gasteiger partial charge in [0.15, 0.2) is 0 Å². The molecule has 7 nitrogen and oxygen atoms in total. The number of ether oxygens (including phenoxy) is 2. The predicted molar refractivity (Wildman–Crippen MR) is 98.8 cm³/mol. The number of esters is 1. The molecule has 0 radical (unpaired) electrons. The molecular weight excluding hydrogens is 368 g/mol. The van der Waals surface area contributed by atoms with E-state index in [9.17, 15) is 13.2 Å². The van der Waals surface area contributed by atoms with Gasteiger partial charge in [-0.2, -0.15) is 5.26 Å². The molecule has 0 bridgehead atoms. The summed E-state index contributed by atoms with van der Waals surface area (Å²) in [6.45, 7) is 3.64. The molecule has 0 aliphatic heterocycles. The van der Waals surface area contributed by atoms with Crippen molar-refractivity contribution in [2.24, 2.45) is 0 Å². The molecule has 1 N–H and O–H groups in total. The van der Waals surface area contributed by atoms with Gasteiger partial charge in [-0.15, -0.1) is 0 Å². The Kier molecular flexibility index (Phi) is 6.93. The lowest BCUT2D eigenvalue weighted by molar-refractivity contribution is 0.0450. The Hall–Kier alpha value is -2.89. The highest BCUT2D eigenvalue weighted by molar-refractivity contribution is 7.89. The zero-order valence-electron chi connectivity index (χ0n) is 15.0. The summed E-state index contributed by atoms with van der Waals surface area (Å²) in [5.41, 5.74) is 0.778. The lowest BCUT2D eigenvalue weighted by atomic mass is 10.2. The quantitative estimate of drug-likeness (QED) is 0.550. The third-order valence-corrected chi connectivity index (χ3v) is 5.03. The summed E-state index contributed by atoms with van der Waals surface area (Å²) in [5.74, 6) is -0.00328. The number of nitriles is 1. The smallest absolute Gasteiger partial charge is 0.338 e. The summed E-state index contributed by atoms with van der Waals surface area (Å²) >= 11 is 0. The SMILES string of the molecule is CC(C)NS(=O)(=O)c1ccc(C(=O)OCCOc2ccc(C#N)cc2)cc1. The molecule has 0 aliphatic rings. The first-order valence-corrected chi connectivity index (χ1v) is 9.72. The number of carbonyl (C=O) groups is 1. The van der Waals surface area contributed by atoms with Gasteiger partial charge in [-0.05, 0) is 62.4 Å². The Balaban J connectivity index is 1.84. The normalized spacial score (nSPS) is 11.0. The molecule has 27 heavy (non-hydrogen) atoms.